The van der Waals surface area contributed by atoms with Gasteiger partial charge in [-0.2, -0.15) is 18.4 Å². The molecule has 7 heteroatoms. The molecule has 0 aliphatic carbocycles. The van der Waals surface area contributed by atoms with E-state index in [4.69, 9.17) is 5.26 Å². The van der Waals surface area contributed by atoms with E-state index in [2.05, 4.69) is 4.72 Å². The van der Waals surface area contributed by atoms with Crippen LogP contribution in [0.2, 0.25) is 0 Å². The van der Waals surface area contributed by atoms with E-state index in [-0.39, 0.29) is 0 Å². The third-order valence-corrected chi connectivity index (χ3v) is 4.05. The number of nitrogens with one attached hydrogen (secondary N) is 1. The highest BCUT2D eigenvalue weighted by Crippen LogP contribution is 2.41. The molecule has 18 heavy (non-hydrogen) atoms. The van der Waals surface area contributed by atoms with Crippen LogP contribution in [0.5, 0.6) is 0 Å². The molecule has 0 aromatic carbocycles. The molecule has 0 radical (unpaired) electrons. The van der Waals surface area contributed by atoms with E-state index in [1.165, 1.54) is 0 Å². The second-order valence-corrected chi connectivity index (χ2v) is 7.76. The van der Waals surface area contributed by atoms with Crippen LogP contribution in [-0.2, 0) is 11.0 Å². The van der Waals surface area contributed by atoms with Crippen LogP contribution in [0, 0.1) is 16.7 Å². The average Bonchev–Trinajstić information content (AvgIpc) is 2.12. The van der Waals surface area contributed by atoms with Gasteiger partial charge in [0.15, 0.2) is 0 Å². The van der Waals surface area contributed by atoms with E-state index in [0.29, 0.717) is 0 Å². The van der Waals surface area contributed by atoms with Gasteiger partial charge in [0.1, 0.15) is 6.04 Å². The highest BCUT2D eigenvalue weighted by Gasteiger charge is 2.48. The summed E-state index contributed by atoms with van der Waals surface area (Å²) in [6, 6.07) is 0.633. The van der Waals surface area contributed by atoms with E-state index in [1.54, 1.807) is 26.8 Å². The Hall–Kier alpha value is -0.610. The van der Waals surface area contributed by atoms with Crippen LogP contribution in [-0.4, -0.2) is 21.2 Å². The lowest BCUT2D eigenvalue weighted by atomic mass is 9.85. The van der Waals surface area contributed by atoms with Gasteiger partial charge < -0.3 is 0 Å². The molecule has 0 saturated carbocycles. The molecule has 0 unspecified atom stereocenters. The molecular formula is C11H19F3N2OS. The number of nitrogens with zero attached hydrogens (tertiary/aromatic N) is 1. The molecule has 1 N–H and O–H groups in total. The average molecular weight is 284 g/mol. The summed E-state index contributed by atoms with van der Waals surface area (Å²) in [6.45, 7) is 7.09. The van der Waals surface area contributed by atoms with Crippen LogP contribution >= 0.6 is 0 Å². The fourth-order valence-corrected chi connectivity index (χ4v) is 1.79. The fraction of sp³-hybridized carbons (Fsp3) is 0.909. The zero-order chi connectivity index (χ0) is 14.8. The van der Waals surface area contributed by atoms with Gasteiger partial charge in [0.05, 0.1) is 27.2 Å². The van der Waals surface area contributed by atoms with E-state index in [1.807, 2.05) is 0 Å². The number of nitriles is 1. The van der Waals surface area contributed by atoms with Gasteiger partial charge in [-0.3, -0.25) is 0 Å². The van der Waals surface area contributed by atoms with Crippen LogP contribution in [0.25, 0.3) is 0 Å². The van der Waals surface area contributed by atoms with Crippen molar-refractivity contribution in [3.63, 3.8) is 0 Å². The summed E-state index contributed by atoms with van der Waals surface area (Å²) in [5.74, 6) is 0. The van der Waals surface area contributed by atoms with Gasteiger partial charge in [0.2, 0.25) is 0 Å². The molecule has 0 saturated heterocycles. The third-order valence-electron chi connectivity index (χ3n) is 2.44. The standard InChI is InChI=1S/C11H19F3N2OS/c1-9(2,3)18(17)16-8(7-15)6-10(4,5)11(12,13)14/h8,16H,6H2,1-5H3/t8-,18-/m0/s1. The first-order valence-corrected chi connectivity index (χ1v) is 6.60. The molecule has 0 heterocycles. The Morgan fingerprint density at radius 3 is 1.94 bits per heavy atom. The lowest BCUT2D eigenvalue weighted by Gasteiger charge is -2.30. The maximum atomic E-state index is 12.7. The van der Waals surface area contributed by atoms with Gasteiger partial charge in [-0.25, -0.2) is 8.93 Å². The zero-order valence-electron chi connectivity index (χ0n) is 11.2. The third kappa shape index (κ3) is 4.94. The molecule has 0 aromatic heterocycles. The van der Waals surface area contributed by atoms with Crippen molar-refractivity contribution in [3.05, 3.63) is 0 Å². The molecule has 0 amide bonds. The molecule has 2 atom stereocenters. The molecule has 0 aliphatic rings. The minimum absolute atomic E-state index is 0.436. The van der Waals surface area contributed by atoms with Crippen LogP contribution in [0.3, 0.4) is 0 Å². The van der Waals surface area contributed by atoms with E-state index < -0.39 is 39.8 Å². The monoisotopic (exact) mass is 284 g/mol. The van der Waals surface area contributed by atoms with Crippen molar-refractivity contribution >= 4 is 11.0 Å². The van der Waals surface area contributed by atoms with Gasteiger partial charge in [0.25, 0.3) is 0 Å². The first-order chi connectivity index (χ1) is 7.81. The van der Waals surface area contributed by atoms with Crippen LogP contribution < -0.4 is 4.72 Å². The predicted octanol–water partition coefficient (Wildman–Crippen LogP) is 2.91. The van der Waals surface area contributed by atoms with Crippen molar-refractivity contribution in [2.45, 2.75) is 58.0 Å². The number of rotatable bonds is 4. The Bertz CT molecular complexity index is 353. The molecule has 0 aromatic rings. The fourth-order valence-electron chi connectivity index (χ4n) is 1.05. The lowest BCUT2D eigenvalue weighted by Crippen LogP contribution is -2.44. The minimum atomic E-state index is -4.40. The van der Waals surface area contributed by atoms with Crippen LogP contribution in [0.15, 0.2) is 0 Å². The van der Waals surface area contributed by atoms with E-state index >= 15 is 0 Å². The number of hydrogen-bond donors (Lipinski definition) is 1. The van der Waals surface area contributed by atoms with Gasteiger partial charge in [-0.1, -0.05) is 13.8 Å². The second kappa shape index (κ2) is 5.57. The lowest BCUT2D eigenvalue weighted by molar-refractivity contribution is -0.214. The Labute approximate surface area is 108 Å². The topological polar surface area (TPSA) is 52.9 Å². The molecule has 0 spiro atoms. The highest BCUT2D eigenvalue weighted by molar-refractivity contribution is 7.84. The summed E-state index contributed by atoms with van der Waals surface area (Å²) in [5.41, 5.74) is -2.00. The molecular weight excluding hydrogens is 265 g/mol. The number of alkyl halides is 3. The van der Waals surface area contributed by atoms with Crippen molar-refractivity contribution in [1.82, 2.24) is 4.72 Å². The summed E-state index contributed by atoms with van der Waals surface area (Å²) >= 11 is 0. The van der Waals surface area contributed by atoms with Gasteiger partial charge >= 0.3 is 6.18 Å². The quantitative estimate of drug-likeness (QED) is 0.863. The zero-order valence-corrected chi connectivity index (χ0v) is 12.0. The maximum Gasteiger partial charge on any atom is 0.394 e. The summed E-state index contributed by atoms with van der Waals surface area (Å²) < 4.78 is 51.6. The van der Waals surface area contributed by atoms with E-state index in [9.17, 15) is 17.4 Å². The van der Waals surface area contributed by atoms with Gasteiger partial charge in [0, 0.05) is 0 Å². The normalized spacial score (nSPS) is 17.1. The van der Waals surface area contributed by atoms with Crippen molar-refractivity contribution < 1.29 is 17.4 Å². The smallest absolute Gasteiger partial charge is 0.242 e. The first-order valence-electron chi connectivity index (χ1n) is 5.45. The molecule has 0 fully saturated rings. The SMILES string of the molecule is CC(C)(C)[S@](=O)N[C@H](C#N)CC(C)(C)C(F)(F)F. The molecule has 0 bridgehead atoms. The van der Waals surface area contributed by atoms with Crippen molar-refractivity contribution in [2.75, 3.05) is 0 Å². The van der Waals surface area contributed by atoms with Crippen molar-refractivity contribution in [1.29, 1.82) is 5.26 Å². The molecule has 0 rings (SSSR count). The highest BCUT2D eigenvalue weighted by atomic mass is 32.2. The summed E-state index contributed by atoms with van der Waals surface area (Å²) in [4.78, 5) is 0. The Balaban J connectivity index is 4.77. The maximum absolute atomic E-state index is 12.7. The van der Waals surface area contributed by atoms with Crippen LogP contribution in [0.4, 0.5) is 13.2 Å². The van der Waals surface area contributed by atoms with Gasteiger partial charge in [-0.05, 0) is 27.2 Å². The number of hydrogen-bond acceptors (Lipinski definition) is 2. The van der Waals surface area contributed by atoms with Crippen molar-refractivity contribution in [2.24, 2.45) is 5.41 Å². The Morgan fingerprint density at radius 1 is 1.22 bits per heavy atom. The largest absolute Gasteiger partial charge is 0.394 e. The predicted molar refractivity (Wildman–Crippen MR) is 64.9 cm³/mol. The molecule has 106 valence electrons. The molecule has 0 aliphatic heterocycles. The Morgan fingerprint density at radius 2 is 1.67 bits per heavy atom. The first kappa shape index (κ1) is 17.4. The molecule has 3 nitrogen and oxygen atoms in total. The van der Waals surface area contributed by atoms with Gasteiger partial charge in [-0.15, -0.1) is 0 Å². The van der Waals surface area contributed by atoms with Crippen LogP contribution in [0.1, 0.15) is 41.0 Å². The second-order valence-electron chi connectivity index (χ2n) is 5.77. The summed E-state index contributed by atoms with van der Waals surface area (Å²) in [6.07, 6.45) is -4.83. The summed E-state index contributed by atoms with van der Waals surface area (Å²) in [7, 11) is -1.57. The summed E-state index contributed by atoms with van der Waals surface area (Å²) in [5, 5.41) is 8.86. The minimum Gasteiger partial charge on any atom is -0.242 e. The van der Waals surface area contributed by atoms with Crippen molar-refractivity contribution in [3.8, 4) is 6.07 Å². The Kier molecular flexibility index (Phi) is 5.39. The number of halogens is 3. The van der Waals surface area contributed by atoms with E-state index in [0.717, 1.165) is 13.8 Å².